The van der Waals surface area contributed by atoms with Crippen molar-refractivity contribution in [1.29, 1.82) is 0 Å². The van der Waals surface area contributed by atoms with Crippen molar-refractivity contribution < 1.29 is 13.2 Å². The molecule has 1 aliphatic heterocycles. The maximum atomic E-state index is 13.4. The smallest absolute Gasteiger partial charge is 0.278 e. The molecule has 8 nitrogen and oxygen atoms in total. The Morgan fingerprint density at radius 1 is 1.12 bits per heavy atom. The summed E-state index contributed by atoms with van der Waals surface area (Å²) in [5.41, 5.74) is 2.19. The molecule has 1 aromatic carbocycles. The molecule has 10 heteroatoms. The monoisotopic (exact) mass is 479 g/mol. The van der Waals surface area contributed by atoms with Crippen LogP contribution in [0.5, 0.6) is 0 Å². The third kappa shape index (κ3) is 3.25. The predicted octanol–water partition coefficient (Wildman–Crippen LogP) is 4.10. The minimum atomic E-state index is -3.78. The van der Waals surface area contributed by atoms with E-state index in [0.29, 0.717) is 36.6 Å². The normalized spacial score (nSPS) is 17.2. The molecule has 0 unspecified atom stereocenters. The molecule has 1 aliphatic rings. The van der Waals surface area contributed by atoms with E-state index in [1.807, 2.05) is 30.5 Å². The van der Waals surface area contributed by atoms with E-state index in [9.17, 15) is 8.42 Å². The van der Waals surface area contributed by atoms with E-state index in [2.05, 4.69) is 16.8 Å². The fourth-order valence-electron chi connectivity index (χ4n) is 4.34. The van der Waals surface area contributed by atoms with Crippen LogP contribution in [0.15, 0.2) is 64.4 Å². The second-order valence-corrected chi connectivity index (χ2v) is 11.0. The zero-order valence-electron chi connectivity index (χ0n) is 17.8. The molecular formula is C23H21N5O3S2. The molecule has 1 N–H and O–H groups in total. The van der Waals surface area contributed by atoms with E-state index >= 15 is 0 Å². The number of hydrogen-bond donors (Lipinski definition) is 1. The highest BCUT2D eigenvalue weighted by atomic mass is 32.2. The van der Waals surface area contributed by atoms with E-state index in [4.69, 9.17) is 14.7 Å². The topological polar surface area (TPSA) is 93.1 Å². The predicted molar refractivity (Wildman–Crippen MR) is 129 cm³/mol. The molecule has 1 atom stereocenters. The molecule has 0 radical (unpaired) electrons. The van der Waals surface area contributed by atoms with Crippen LogP contribution in [0, 0.1) is 0 Å². The third-order valence-corrected chi connectivity index (χ3v) is 9.01. The molecule has 33 heavy (non-hydrogen) atoms. The molecule has 0 saturated carbocycles. The molecular weight excluding hydrogens is 458 g/mol. The molecule has 4 aromatic heterocycles. The van der Waals surface area contributed by atoms with Crippen LogP contribution in [-0.2, 0) is 14.8 Å². The number of anilines is 1. The van der Waals surface area contributed by atoms with Gasteiger partial charge in [0.05, 0.1) is 24.6 Å². The van der Waals surface area contributed by atoms with Gasteiger partial charge in [-0.25, -0.2) is 13.9 Å². The number of thiophene rings is 1. The van der Waals surface area contributed by atoms with Gasteiger partial charge in [-0.3, -0.25) is 0 Å². The summed E-state index contributed by atoms with van der Waals surface area (Å²) in [6.45, 7) is 3.93. The zero-order valence-corrected chi connectivity index (χ0v) is 19.4. The van der Waals surface area contributed by atoms with Crippen molar-refractivity contribution in [2.45, 2.75) is 17.2 Å². The number of aromatic amines is 1. The molecule has 6 rings (SSSR count). The fourth-order valence-corrected chi connectivity index (χ4v) is 6.71. The Labute approximate surface area is 194 Å². The van der Waals surface area contributed by atoms with Crippen molar-refractivity contribution in [1.82, 2.24) is 18.9 Å². The summed E-state index contributed by atoms with van der Waals surface area (Å²) in [6.07, 6.45) is 3.45. The molecule has 5 aromatic rings. The second-order valence-electron chi connectivity index (χ2n) is 8.02. The number of morpholine rings is 1. The summed E-state index contributed by atoms with van der Waals surface area (Å²) in [4.78, 5) is 15.2. The number of nitrogens with one attached hydrogen (secondary N) is 1. The van der Waals surface area contributed by atoms with Gasteiger partial charge in [0.25, 0.3) is 10.0 Å². The summed E-state index contributed by atoms with van der Waals surface area (Å²) in [6, 6.07) is 13.1. The summed E-state index contributed by atoms with van der Waals surface area (Å²) in [7, 11) is -3.78. The Balaban J connectivity index is 1.64. The molecule has 0 bridgehead atoms. The summed E-state index contributed by atoms with van der Waals surface area (Å²) in [5, 5.41) is 3.44. The molecule has 0 spiro atoms. The maximum Gasteiger partial charge on any atom is 0.278 e. The van der Waals surface area contributed by atoms with Gasteiger partial charge in [0.1, 0.15) is 10.0 Å². The Morgan fingerprint density at radius 3 is 2.85 bits per heavy atom. The number of ether oxygens (including phenoxy) is 1. The SMILES string of the molecule is C[C@@H]1COCCN1c1nc(-c2cccc3[nH]ccc23)nc2c1ccn2S(=O)(=O)c1cccs1. The third-order valence-electron chi connectivity index (χ3n) is 5.97. The van der Waals surface area contributed by atoms with E-state index in [-0.39, 0.29) is 10.3 Å². The van der Waals surface area contributed by atoms with Gasteiger partial charge in [0, 0.05) is 35.4 Å². The number of benzene rings is 1. The van der Waals surface area contributed by atoms with Crippen molar-refractivity contribution in [2.24, 2.45) is 0 Å². The highest BCUT2D eigenvalue weighted by Gasteiger charge is 2.28. The fraction of sp³-hybridized carbons (Fsp3) is 0.217. The average molecular weight is 480 g/mol. The highest BCUT2D eigenvalue weighted by molar-refractivity contribution is 7.92. The van der Waals surface area contributed by atoms with E-state index in [0.717, 1.165) is 22.3 Å². The Hall–Kier alpha value is -3.21. The number of nitrogens with zero attached hydrogens (tertiary/aromatic N) is 4. The van der Waals surface area contributed by atoms with Gasteiger partial charge in [0.2, 0.25) is 0 Å². The number of hydrogen-bond acceptors (Lipinski definition) is 7. The van der Waals surface area contributed by atoms with Crippen LogP contribution >= 0.6 is 11.3 Å². The summed E-state index contributed by atoms with van der Waals surface area (Å²) < 4.78 is 34.0. The van der Waals surface area contributed by atoms with Crippen molar-refractivity contribution in [2.75, 3.05) is 24.7 Å². The zero-order chi connectivity index (χ0) is 22.6. The van der Waals surface area contributed by atoms with Gasteiger partial charge in [-0.2, -0.15) is 8.42 Å². The van der Waals surface area contributed by atoms with Crippen LogP contribution in [-0.4, -0.2) is 53.1 Å². The standard InChI is InChI=1S/C23H21N5O3S2/c1-15-14-31-12-11-27(15)22-18-8-10-28(33(29,30)20-6-3-13-32-20)23(18)26-21(25-22)17-4-2-5-19-16(17)7-9-24-19/h2-10,13,15,24H,11-12,14H2,1H3/t15-/m1/s1. The summed E-state index contributed by atoms with van der Waals surface area (Å²) in [5.74, 6) is 1.21. The van der Waals surface area contributed by atoms with Crippen LogP contribution in [0.25, 0.3) is 33.3 Å². The van der Waals surface area contributed by atoms with Gasteiger partial charge >= 0.3 is 0 Å². The molecule has 168 valence electrons. The lowest BCUT2D eigenvalue weighted by atomic mass is 10.1. The van der Waals surface area contributed by atoms with Crippen molar-refractivity contribution in [3.05, 3.63) is 60.2 Å². The van der Waals surface area contributed by atoms with E-state index in [1.165, 1.54) is 15.3 Å². The minimum absolute atomic E-state index is 0.102. The molecule has 0 aliphatic carbocycles. The summed E-state index contributed by atoms with van der Waals surface area (Å²) >= 11 is 1.19. The lowest BCUT2D eigenvalue weighted by Crippen LogP contribution is -2.44. The van der Waals surface area contributed by atoms with Gasteiger partial charge in [-0.15, -0.1) is 11.3 Å². The second kappa shape index (κ2) is 7.68. The van der Waals surface area contributed by atoms with Crippen LogP contribution in [0.4, 0.5) is 5.82 Å². The quantitative estimate of drug-likeness (QED) is 0.417. The first-order chi connectivity index (χ1) is 16.0. The Kier molecular flexibility index (Phi) is 4.75. The number of rotatable bonds is 4. The molecule has 5 heterocycles. The maximum absolute atomic E-state index is 13.4. The van der Waals surface area contributed by atoms with E-state index in [1.54, 1.807) is 29.8 Å². The first-order valence-electron chi connectivity index (χ1n) is 10.6. The lowest BCUT2D eigenvalue weighted by Gasteiger charge is -2.34. The Bertz CT molecular complexity index is 1570. The van der Waals surface area contributed by atoms with Gasteiger partial charge in [0.15, 0.2) is 11.5 Å². The van der Waals surface area contributed by atoms with Gasteiger partial charge in [-0.1, -0.05) is 18.2 Å². The van der Waals surface area contributed by atoms with Crippen molar-refractivity contribution in [3.8, 4) is 11.4 Å². The van der Waals surface area contributed by atoms with Gasteiger partial charge < -0.3 is 14.6 Å². The van der Waals surface area contributed by atoms with Crippen LogP contribution < -0.4 is 4.90 Å². The van der Waals surface area contributed by atoms with Gasteiger partial charge in [-0.05, 0) is 36.6 Å². The minimum Gasteiger partial charge on any atom is -0.377 e. The highest BCUT2D eigenvalue weighted by Crippen LogP contribution is 2.34. The number of H-pyrrole nitrogens is 1. The van der Waals surface area contributed by atoms with Crippen molar-refractivity contribution in [3.63, 3.8) is 0 Å². The lowest BCUT2D eigenvalue weighted by molar-refractivity contribution is 0.0987. The van der Waals surface area contributed by atoms with Crippen molar-refractivity contribution >= 4 is 49.1 Å². The molecule has 1 fully saturated rings. The largest absolute Gasteiger partial charge is 0.377 e. The first-order valence-corrected chi connectivity index (χ1v) is 12.9. The average Bonchev–Trinajstić information content (AvgIpc) is 3.59. The van der Waals surface area contributed by atoms with Crippen LogP contribution in [0.2, 0.25) is 0 Å². The molecule has 0 amide bonds. The van der Waals surface area contributed by atoms with Crippen LogP contribution in [0.1, 0.15) is 6.92 Å². The first kappa shape index (κ1) is 20.4. The number of aromatic nitrogens is 4. The van der Waals surface area contributed by atoms with Crippen LogP contribution in [0.3, 0.4) is 0 Å². The Morgan fingerprint density at radius 2 is 2.03 bits per heavy atom. The number of fused-ring (bicyclic) bond motifs is 2. The molecule has 1 saturated heterocycles. The van der Waals surface area contributed by atoms with E-state index < -0.39 is 10.0 Å².